The molecule has 9 rings (SSSR count). The number of fused-ring (bicyclic) bond motifs is 6. The quantitative estimate of drug-likeness (QED) is 0.185. The zero-order chi connectivity index (χ0) is 33.9. The zero-order valence-corrected chi connectivity index (χ0v) is 28.5. The highest BCUT2D eigenvalue weighted by molar-refractivity contribution is 7.91. The fourth-order valence-electron chi connectivity index (χ4n) is 8.35. The lowest BCUT2D eigenvalue weighted by Crippen LogP contribution is -2.32. The molecule has 240 valence electrons. The number of nitrogens with zero attached hydrogens (tertiary/aromatic N) is 2. The monoisotopic (exact) mass is 658 g/mol. The predicted octanol–water partition coefficient (Wildman–Crippen LogP) is 10.3. The number of para-hydroxylation sites is 4. The van der Waals surface area contributed by atoms with Gasteiger partial charge in [-0.15, -0.1) is 0 Å². The van der Waals surface area contributed by atoms with E-state index in [-0.39, 0.29) is 37.5 Å². The van der Waals surface area contributed by atoms with Gasteiger partial charge in [0.15, 0.2) is 5.78 Å². The summed E-state index contributed by atoms with van der Waals surface area (Å²) in [7, 11) is -4.09. The molecule has 6 heteroatoms. The Labute approximate surface area is 287 Å². The van der Waals surface area contributed by atoms with Gasteiger partial charge in [-0.1, -0.05) is 107 Å². The summed E-state index contributed by atoms with van der Waals surface area (Å²) in [6, 6.07) is 43.3. The summed E-state index contributed by atoms with van der Waals surface area (Å²) in [5.41, 5.74) is 9.39. The summed E-state index contributed by atoms with van der Waals surface area (Å²) in [6.07, 6.45) is 0. The lowest BCUT2D eigenvalue weighted by Gasteiger charge is -2.43. The van der Waals surface area contributed by atoms with Gasteiger partial charge in [-0.05, 0) is 76.9 Å². The van der Waals surface area contributed by atoms with Crippen LogP contribution in [0.25, 0.3) is 0 Å². The Morgan fingerprint density at radius 3 is 1.39 bits per heavy atom. The van der Waals surface area contributed by atoms with Gasteiger partial charge in [0, 0.05) is 22.1 Å². The number of ketones is 1. The number of sulfone groups is 1. The van der Waals surface area contributed by atoms with E-state index in [9.17, 15) is 13.2 Å². The Morgan fingerprint density at radius 2 is 0.898 bits per heavy atom. The molecule has 0 amide bonds. The minimum atomic E-state index is -4.09. The lowest BCUT2D eigenvalue weighted by atomic mass is 9.73. The molecule has 0 N–H and O–H groups in total. The van der Waals surface area contributed by atoms with Crippen LogP contribution in [0, 0.1) is 0 Å². The van der Waals surface area contributed by atoms with Crippen molar-refractivity contribution in [1.82, 2.24) is 0 Å². The smallest absolute Gasteiger partial charge is 0.208 e. The highest BCUT2D eigenvalue weighted by atomic mass is 32.2. The molecule has 6 aromatic rings. The number of carbonyl (C=O) groups excluding carboxylic acids is 1. The van der Waals surface area contributed by atoms with Gasteiger partial charge < -0.3 is 9.80 Å². The molecule has 3 aliphatic heterocycles. The number of hydrogen-bond donors (Lipinski definition) is 0. The van der Waals surface area contributed by atoms with Gasteiger partial charge in [0.05, 0.1) is 43.8 Å². The molecule has 3 heterocycles. The molecule has 5 nitrogen and oxygen atoms in total. The van der Waals surface area contributed by atoms with E-state index in [0.29, 0.717) is 11.4 Å². The van der Waals surface area contributed by atoms with Gasteiger partial charge in [0.2, 0.25) is 9.84 Å². The molecule has 0 saturated carbocycles. The van der Waals surface area contributed by atoms with Crippen LogP contribution in [0.4, 0.5) is 34.1 Å². The Morgan fingerprint density at radius 1 is 0.469 bits per heavy atom. The molecule has 49 heavy (non-hydrogen) atoms. The molecule has 6 aromatic carbocycles. The number of carbonyl (C=O) groups is 1. The summed E-state index contributed by atoms with van der Waals surface area (Å²) >= 11 is 0. The van der Waals surface area contributed by atoms with E-state index in [2.05, 4.69) is 73.9 Å². The molecular formula is C43H34N2O3S. The van der Waals surface area contributed by atoms with Gasteiger partial charge in [-0.25, -0.2) is 8.42 Å². The second-order valence-electron chi connectivity index (χ2n) is 14.2. The molecule has 0 bridgehead atoms. The van der Waals surface area contributed by atoms with Crippen molar-refractivity contribution in [3.8, 4) is 0 Å². The standard InChI is InChI=1S/C43H34N2O3S/c1-42(2)29-14-5-9-18-33(29)44(34-19-10-6-15-30(34)42)27-24-25-28-39(26-27)49(47,48)38-23-13-22-37(40(38)41(28)46)45-35-20-11-7-16-31(35)43(3,4)32-17-8-12-21-36(32)45/h5-26H,1-4H3. The van der Waals surface area contributed by atoms with Crippen LogP contribution >= 0.6 is 0 Å². The van der Waals surface area contributed by atoms with Crippen LogP contribution in [0.1, 0.15) is 65.9 Å². The predicted molar refractivity (Wildman–Crippen MR) is 195 cm³/mol. The Balaban J connectivity index is 1.24. The van der Waals surface area contributed by atoms with Crippen molar-refractivity contribution >= 4 is 49.7 Å². The fourth-order valence-corrected chi connectivity index (χ4v) is 10.0. The fraction of sp³-hybridized carbons (Fsp3) is 0.140. The summed E-state index contributed by atoms with van der Waals surface area (Å²) in [6.45, 7) is 8.83. The maximum absolute atomic E-state index is 14.7. The largest absolute Gasteiger partial charge is 0.310 e. The van der Waals surface area contributed by atoms with Gasteiger partial charge >= 0.3 is 0 Å². The number of benzene rings is 6. The number of rotatable bonds is 2. The average Bonchev–Trinajstić information content (AvgIpc) is 3.11. The van der Waals surface area contributed by atoms with E-state index in [1.54, 1.807) is 24.3 Å². The lowest BCUT2D eigenvalue weighted by molar-refractivity contribution is 0.103. The minimum Gasteiger partial charge on any atom is -0.310 e. The molecule has 0 saturated heterocycles. The minimum absolute atomic E-state index is 0.0278. The van der Waals surface area contributed by atoms with Crippen molar-refractivity contribution in [3.63, 3.8) is 0 Å². The first-order valence-corrected chi connectivity index (χ1v) is 18.1. The van der Waals surface area contributed by atoms with E-state index in [1.165, 1.54) is 0 Å². The van der Waals surface area contributed by atoms with Crippen molar-refractivity contribution in [2.75, 3.05) is 9.80 Å². The topological polar surface area (TPSA) is 57.7 Å². The third-order valence-electron chi connectivity index (χ3n) is 10.8. The zero-order valence-electron chi connectivity index (χ0n) is 27.7. The summed E-state index contributed by atoms with van der Waals surface area (Å²) in [4.78, 5) is 18.9. The third kappa shape index (κ3) is 3.92. The molecular weight excluding hydrogens is 625 g/mol. The van der Waals surface area contributed by atoms with Crippen molar-refractivity contribution < 1.29 is 13.2 Å². The van der Waals surface area contributed by atoms with Gasteiger partial charge in [-0.3, -0.25) is 4.79 Å². The van der Waals surface area contributed by atoms with Gasteiger partial charge in [-0.2, -0.15) is 0 Å². The second-order valence-corrected chi connectivity index (χ2v) is 16.0. The molecule has 3 aliphatic rings. The van der Waals surface area contributed by atoms with Crippen LogP contribution in [-0.2, 0) is 20.7 Å². The van der Waals surface area contributed by atoms with Crippen LogP contribution in [0.3, 0.4) is 0 Å². The van der Waals surface area contributed by atoms with Crippen LogP contribution in [-0.4, -0.2) is 14.2 Å². The SMILES string of the molecule is CC1(C)c2ccccc2N(c2ccc3c(c2)S(=O)(=O)c2cccc(N4c5ccccc5C(C)(C)c5ccccc54)c2C3=O)c2ccccc21. The third-order valence-corrected chi connectivity index (χ3v) is 12.6. The van der Waals surface area contributed by atoms with Crippen molar-refractivity contribution in [3.05, 3.63) is 167 Å². The molecule has 0 unspecified atom stereocenters. The first-order valence-electron chi connectivity index (χ1n) is 16.6. The highest BCUT2D eigenvalue weighted by Crippen LogP contribution is 2.55. The molecule has 0 radical (unpaired) electrons. The molecule has 0 spiro atoms. The molecule has 0 fully saturated rings. The maximum Gasteiger partial charge on any atom is 0.208 e. The highest BCUT2D eigenvalue weighted by Gasteiger charge is 2.43. The van der Waals surface area contributed by atoms with E-state index in [0.717, 1.165) is 45.0 Å². The van der Waals surface area contributed by atoms with Crippen molar-refractivity contribution in [2.45, 2.75) is 48.3 Å². The maximum atomic E-state index is 14.7. The summed E-state index contributed by atoms with van der Waals surface area (Å²) in [5, 5.41) is 0. The Hall–Kier alpha value is -5.46. The van der Waals surface area contributed by atoms with Crippen LogP contribution in [0.15, 0.2) is 143 Å². The van der Waals surface area contributed by atoms with E-state index >= 15 is 0 Å². The summed E-state index contributed by atoms with van der Waals surface area (Å²) < 4.78 is 29.4. The molecule has 0 aliphatic carbocycles. The Kier molecular flexibility index (Phi) is 6.07. The first kappa shape index (κ1) is 29.7. The number of anilines is 6. The van der Waals surface area contributed by atoms with Gasteiger partial charge in [0.1, 0.15) is 0 Å². The number of hydrogen-bond acceptors (Lipinski definition) is 5. The Bertz CT molecular complexity index is 2410. The molecule has 0 aromatic heterocycles. The van der Waals surface area contributed by atoms with E-state index in [4.69, 9.17) is 0 Å². The van der Waals surface area contributed by atoms with Crippen molar-refractivity contribution in [1.29, 1.82) is 0 Å². The summed E-state index contributed by atoms with van der Waals surface area (Å²) in [5.74, 6) is -0.303. The van der Waals surface area contributed by atoms with Crippen LogP contribution in [0.5, 0.6) is 0 Å². The second kappa shape index (κ2) is 10.0. The normalized spacial score (nSPS) is 17.2. The first-order chi connectivity index (χ1) is 23.5. The van der Waals surface area contributed by atoms with Gasteiger partial charge in [0.25, 0.3) is 0 Å². The average molecular weight is 659 g/mol. The molecule has 0 atom stereocenters. The van der Waals surface area contributed by atoms with Crippen molar-refractivity contribution in [2.24, 2.45) is 0 Å². The van der Waals surface area contributed by atoms with E-state index in [1.807, 2.05) is 72.8 Å². The van der Waals surface area contributed by atoms with E-state index < -0.39 is 9.84 Å². The van der Waals surface area contributed by atoms with Crippen LogP contribution in [0.2, 0.25) is 0 Å². The van der Waals surface area contributed by atoms with Crippen LogP contribution < -0.4 is 9.80 Å².